The fourth-order valence-electron chi connectivity index (χ4n) is 1.79. The van der Waals surface area contributed by atoms with Crippen molar-refractivity contribution in [3.63, 3.8) is 0 Å². The molecule has 0 spiro atoms. The van der Waals surface area contributed by atoms with Crippen LogP contribution in [-0.2, 0) is 0 Å². The minimum absolute atomic E-state index is 0.155. The highest BCUT2D eigenvalue weighted by Crippen LogP contribution is 2.27. The van der Waals surface area contributed by atoms with E-state index in [9.17, 15) is 9.90 Å². The molecule has 0 aromatic heterocycles. The smallest absolute Gasteiger partial charge is 0.339 e. The molecule has 2 rings (SSSR count). The molecule has 1 aliphatic rings. The molecule has 0 amide bonds. The Hall–Kier alpha value is -2.33. The van der Waals surface area contributed by atoms with Gasteiger partial charge in [-0.3, -0.25) is 5.32 Å². The van der Waals surface area contributed by atoms with Crippen LogP contribution < -0.4 is 10.1 Å². The standard InChI is InChI=1S/C15H15NO3/c1-2-10-16-13-9-4-3-6-11-7-5-8-12(15(17)18)14(11)19-13/h2-9,13,16H,1,10H2,(H,17,18). The van der Waals surface area contributed by atoms with E-state index in [1.54, 1.807) is 12.1 Å². The van der Waals surface area contributed by atoms with Gasteiger partial charge in [-0.25, -0.2) is 4.79 Å². The average Bonchev–Trinajstić information content (AvgIpc) is 2.37. The summed E-state index contributed by atoms with van der Waals surface area (Å²) < 4.78 is 5.75. The van der Waals surface area contributed by atoms with E-state index >= 15 is 0 Å². The first-order valence-corrected chi connectivity index (χ1v) is 5.94. The Morgan fingerprint density at radius 3 is 3.05 bits per heavy atom. The summed E-state index contributed by atoms with van der Waals surface area (Å²) in [6.07, 6.45) is 8.69. The summed E-state index contributed by atoms with van der Waals surface area (Å²) in [5.41, 5.74) is 0.900. The quantitative estimate of drug-likeness (QED) is 0.813. The molecule has 4 nitrogen and oxygen atoms in total. The molecule has 0 radical (unpaired) electrons. The highest BCUT2D eigenvalue weighted by molar-refractivity contribution is 5.92. The Labute approximate surface area is 111 Å². The van der Waals surface area contributed by atoms with Gasteiger partial charge in [-0.15, -0.1) is 6.58 Å². The van der Waals surface area contributed by atoms with Crippen molar-refractivity contribution in [1.29, 1.82) is 0 Å². The van der Waals surface area contributed by atoms with Crippen LogP contribution in [0.15, 0.2) is 49.1 Å². The zero-order valence-corrected chi connectivity index (χ0v) is 10.4. The molecule has 1 aromatic rings. The number of rotatable bonds is 4. The highest BCUT2D eigenvalue weighted by Gasteiger charge is 2.17. The number of ether oxygens (including phenoxy) is 1. The van der Waals surface area contributed by atoms with E-state index < -0.39 is 5.97 Å². The topological polar surface area (TPSA) is 58.6 Å². The van der Waals surface area contributed by atoms with E-state index in [2.05, 4.69) is 11.9 Å². The van der Waals surface area contributed by atoms with Crippen molar-refractivity contribution in [1.82, 2.24) is 5.32 Å². The number of carbonyl (C=O) groups is 1. The Morgan fingerprint density at radius 1 is 1.47 bits per heavy atom. The van der Waals surface area contributed by atoms with Gasteiger partial charge in [0.1, 0.15) is 11.3 Å². The highest BCUT2D eigenvalue weighted by atomic mass is 16.5. The van der Waals surface area contributed by atoms with Crippen LogP contribution in [0, 0.1) is 0 Å². The molecular weight excluding hydrogens is 242 g/mol. The zero-order valence-electron chi connectivity index (χ0n) is 10.4. The SMILES string of the molecule is C=CCNC1C=CC=Cc2cccc(C(=O)O)c2O1. The third-order valence-electron chi connectivity index (χ3n) is 2.66. The van der Waals surface area contributed by atoms with Gasteiger partial charge in [0.25, 0.3) is 0 Å². The molecule has 0 fully saturated rings. The maximum atomic E-state index is 11.2. The number of hydrogen-bond acceptors (Lipinski definition) is 3. The first kappa shape index (κ1) is 13.1. The molecule has 1 aliphatic heterocycles. The Balaban J connectivity index is 2.38. The molecule has 0 saturated carbocycles. The molecule has 0 aliphatic carbocycles. The number of nitrogens with one attached hydrogen (secondary N) is 1. The zero-order chi connectivity index (χ0) is 13.7. The van der Waals surface area contributed by atoms with Crippen LogP contribution in [0.2, 0.25) is 0 Å². The largest absolute Gasteiger partial charge is 0.478 e. The van der Waals surface area contributed by atoms with Crippen LogP contribution in [0.25, 0.3) is 6.08 Å². The minimum Gasteiger partial charge on any atom is -0.478 e. The number of hydrogen-bond donors (Lipinski definition) is 2. The third-order valence-corrected chi connectivity index (χ3v) is 2.66. The predicted octanol–water partition coefficient (Wildman–Crippen LogP) is 2.45. The van der Waals surface area contributed by atoms with E-state index in [1.165, 1.54) is 6.07 Å². The van der Waals surface area contributed by atoms with Crippen LogP contribution in [0.4, 0.5) is 0 Å². The van der Waals surface area contributed by atoms with Crippen LogP contribution >= 0.6 is 0 Å². The van der Waals surface area contributed by atoms with Gasteiger partial charge >= 0.3 is 5.97 Å². The summed E-state index contributed by atoms with van der Waals surface area (Å²) >= 11 is 0. The lowest BCUT2D eigenvalue weighted by molar-refractivity contribution is 0.0689. The molecule has 1 aromatic carbocycles. The molecule has 0 saturated heterocycles. The van der Waals surface area contributed by atoms with Gasteiger partial charge in [-0.05, 0) is 12.1 Å². The maximum Gasteiger partial charge on any atom is 0.339 e. The summed E-state index contributed by atoms with van der Waals surface area (Å²) in [7, 11) is 0. The fraction of sp³-hybridized carbons (Fsp3) is 0.133. The molecule has 1 unspecified atom stereocenters. The van der Waals surface area contributed by atoms with Gasteiger partial charge < -0.3 is 9.84 Å². The first-order valence-electron chi connectivity index (χ1n) is 5.94. The molecule has 4 heteroatoms. The number of para-hydroxylation sites is 1. The summed E-state index contributed by atoms with van der Waals surface area (Å²) in [6.45, 7) is 4.20. The second-order valence-corrected chi connectivity index (χ2v) is 4.01. The summed E-state index contributed by atoms with van der Waals surface area (Å²) in [5, 5.41) is 12.3. The summed E-state index contributed by atoms with van der Waals surface area (Å²) in [6, 6.07) is 5.06. The number of carboxylic acids is 1. The second-order valence-electron chi connectivity index (χ2n) is 4.01. The van der Waals surface area contributed by atoms with Crippen molar-refractivity contribution < 1.29 is 14.6 Å². The lowest BCUT2D eigenvalue weighted by Crippen LogP contribution is -2.33. The third kappa shape index (κ3) is 3.11. The van der Waals surface area contributed by atoms with Gasteiger partial charge in [0, 0.05) is 12.1 Å². The fourth-order valence-corrected chi connectivity index (χ4v) is 1.79. The lowest BCUT2D eigenvalue weighted by Gasteiger charge is -2.20. The van der Waals surface area contributed by atoms with Gasteiger partial charge in [0.05, 0.1) is 0 Å². The number of benzene rings is 1. The minimum atomic E-state index is -1.00. The predicted molar refractivity (Wildman–Crippen MR) is 74.2 cm³/mol. The van der Waals surface area contributed by atoms with Crippen LogP contribution in [0.1, 0.15) is 15.9 Å². The number of carboxylic acid groups (broad SMARTS) is 1. The normalized spacial score (nSPS) is 16.9. The molecule has 2 N–H and O–H groups in total. The average molecular weight is 257 g/mol. The number of aromatic carboxylic acids is 1. The molecule has 1 heterocycles. The van der Waals surface area contributed by atoms with E-state index in [4.69, 9.17) is 4.74 Å². The molecular formula is C15H15NO3. The molecule has 0 bridgehead atoms. The second kappa shape index (κ2) is 6.02. The van der Waals surface area contributed by atoms with Gasteiger partial charge in [-0.1, -0.05) is 36.4 Å². The van der Waals surface area contributed by atoms with Gasteiger partial charge in [0.2, 0.25) is 0 Å². The number of allylic oxidation sites excluding steroid dienone is 2. The van der Waals surface area contributed by atoms with Crippen molar-refractivity contribution in [2.24, 2.45) is 0 Å². The van der Waals surface area contributed by atoms with E-state index in [1.807, 2.05) is 30.4 Å². The monoisotopic (exact) mass is 257 g/mol. The van der Waals surface area contributed by atoms with Crippen molar-refractivity contribution in [3.8, 4) is 5.75 Å². The summed E-state index contributed by atoms with van der Waals surface area (Å²) in [5.74, 6) is -0.630. The van der Waals surface area contributed by atoms with Crippen molar-refractivity contribution in [2.45, 2.75) is 6.23 Å². The van der Waals surface area contributed by atoms with E-state index in [0.717, 1.165) is 5.56 Å². The Kier molecular flexibility index (Phi) is 4.15. The van der Waals surface area contributed by atoms with Crippen molar-refractivity contribution >= 4 is 12.0 Å². The van der Waals surface area contributed by atoms with Crippen LogP contribution in [0.3, 0.4) is 0 Å². The molecule has 19 heavy (non-hydrogen) atoms. The van der Waals surface area contributed by atoms with Crippen LogP contribution in [0.5, 0.6) is 5.75 Å². The van der Waals surface area contributed by atoms with Crippen LogP contribution in [-0.4, -0.2) is 23.8 Å². The Bertz CT molecular complexity index is 546. The van der Waals surface area contributed by atoms with Crippen molar-refractivity contribution in [3.05, 3.63) is 60.2 Å². The molecule has 1 atom stereocenters. The van der Waals surface area contributed by atoms with Crippen molar-refractivity contribution in [2.75, 3.05) is 6.54 Å². The van der Waals surface area contributed by atoms with Gasteiger partial charge in [0.15, 0.2) is 6.23 Å². The molecule has 98 valence electrons. The van der Waals surface area contributed by atoms with E-state index in [0.29, 0.717) is 12.3 Å². The summed E-state index contributed by atoms with van der Waals surface area (Å²) in [4.78, 5) is 11.2. The van der Waals surface area contributed by atoms with Gasteiger partial charge in [-0.2, -0.15) is 0 Å². The maximum absolute atomic E-state index is 11.2. The Morgan fingerprint density at radius 2 is 2.32 bits per heavy atom. The lowest BCUT2D eigenvalue weighted by atomic mass is 10.1. The first-order chi connectivity index (χ1) is 9.22. The number of fused-ring (bicyclic) bond motifs is 1. The van der Waals surface area contributed by atoms with E-state index in [-0.39, 0.29) is 11.8 Å².